The van der Waals surface area contributed by atoms with Crippen LogP contribution in [0.1, 0.15) is 51.9 Å². The summed E-state index contributed by atoms with van der Waals surface area (Å²) >= 11 is 0. The molecule has 2 unspecified atom stereocenters. The Balaban J connectivity index is 1.48. The predicted molar refractivity (Wildman–Crippen MR) is 85.2 cm³/mol. The van der Waals surface area contributed by atoms with E-state index >= 15 is 0 Å². The molecule has 2 saturated heterocycles. The fourth-order valence-corrected chi connectivity index (χ4v) is 4.35. The molecule has 3 rings (SSSR count). The third kappa shape index (κ3) is 3.59. The van der Waals surface area contributed by atoms with Gasteiger partial charge in [0.25, 0.3) is 0 Å². The highest BCUT2D eigenvalue weighted by Gasteiger charge is 2.32. The number of hydrogen-bond donors (Lipinski definition) is 1. The summed E-state index contributed by atoms with van der Waals surface area (Å²) in [6, 6.07) is 0.890. The SMILES string of the molecule is CCC1CCNC(C(=O)N2CCN(C3CCCC3)CC2)C1. The Morgan fingerprint density at radius 3 is 2.48 bits per heavy atom. The Labute approximate surface area is 129 Å². The van der Waals surface area contributed by atoms with Gasteiger partial charge in [0.1, 0.15) is 0 Å². The number of piperidine rings is 1. The van der Waals surface area contributed by atoms with Crippen LogP contribution in [0.3, 0.4) is 0 Å². The molecule has 2 aliphatic heterocycles. The second-order valence-electron chi connectivity index (χ2n) is 7.10. The fourth-order valence-electron chi connectivity index (χ4n) is 4.35. The van der Waals surface area contributed by atoms with Gasteiger partial charge in [-0.15, -0.1) is 0 Å². The molecule has 3 fully saturated rings. The lowest BCUT2D eigenvalue weighted by Gasteiger charge is -2.40. The van der Waals surface area contributed by atoms with Crippen molar-refractivity contribution in [3.8, 4) is 0 Å². The van der Waals surface area contributed by atoms with Crippen LogP contribution < -0.4 is 5.32 Å². The average molecular weight is 293 g/mol. The summed E-state index contributed by atoms with van der Waals surface area (Å²) < 4.78 is 0. The quantitative estimate of drug-likeness (QED) is 0.862. The lowest BCUT2D eigenvalue weighted by molar-refractivity contribution is -0.136. The normalized spacial score (nSPS) is 32.5. The summed E-state index contributed by atoms with van der Waals surface area (Å²) in [6.07, 6.45) is 9.02. The molecule has 4 heteroatoms. The topological polar surface area (TPSA) is 35.6 Å². The van der Waals surface area contributed by atoms with Gasteiger partial charge >= 0.3 is 0 Å². The highest BCUT2D eigenvalue weighted by Crippen LogP contribution is 2.25. The fraction of sp³-hybridized carbons (Fsp3) is 0.941. The van der Waals surface area contributed by atoms with Crippen LogP contribution in [-0.2, 0) is 4.79 Å². The number of piperazine rings is 1. The second kappa shape index (κ2) is 7.10. The number of rotatable bonds is 3. The van der Waals surface area contributed by atoms with Gasteiger partial charge in [0.2, 0.25) is 5.91 Å². The molecule has 1 N–H and O–H groups in total. The molecule has 2 heterocycles. The van der Waals surface area contributed by atoms with E-state index in [-0.39, 0.29) is 6.04 Å². The molecule has 3 aliphatic rings. The van der Waals surface area contributed by atoms with E-state index < -0.39 is 0 Å². The summed E-state index contributed by atoms with van der Waals surface area (Å²) in [6.45, 7) is 7.30. The molecule has 0 aromatic heterocycles. The van der Waals surface area contributed by atoms with Crippen LogP contribution in [0, 0.1) is 5.92 Å². The number of nitrogens with zero attached hydrogens (tertiary/aromatic N) is 2. The Morgan fingerprint density at radius 2 is 1.81 bits per heavy atom. The van der Waals surface area contributed by atoms with Crippen LogP contribution in [0.15, 0.2) is 0 Å². The molecular formula is C17H31N3O. The summed E-state index contributed by atoms with van der Waals surface area (Å²) in [7, 11) is 0. The standard InChI is InChI=1S/C17H31N3O/c1-2-14-7-8-18-16(13-14)17(21)20-11-9-19(10-12-20)15-5-3-4-6-15/h14-16,18H,2-13H2,1H3. The largest absolute Gasteiger partial charge is 0.339 e. The lowest BCUT2D eigenvalue weighted by Crippen LogP contribution is -2.56. The number of carbonyl (C=O) groups excluding carboxylic acids is 1. The van der Waals surface area contributed by atoms with Crippen LogP contribution in [0.2, 0.25) is 0 Å². The molecule has 0 radical (unpaired) electrons. The minimum absolute atomic E-state index is 0.0849. The third-order valence-electron chi connectivity index (χ3n) is 5.85. The van der Waals surface area contributed by atoms with Crippen molar-refractivity contribution in [1.29, 1.82) is 0 Å². The Kier molecular flexibility index (Phi) is 5.17. The van der Waals surface area contributed by atoms with Crippen molar-refractivity contribution in [2.24, 2.45) is 5.92 Å². The number of hydrogen-bond acceptors (Lipinski definition) is 3. The van der Waals surface area contributed by atoms with Crippen LogP contribution in [0.5, 0.6) is 0 Å². The van der Waals surface area contributed by atoms with Crippen LogP contribution in [-0.4, -0.2) is 60.5 Å². The van der Waals surface area contributed by atoms with Gasteiger partial charge < -0.3 is 10.2 Å². The second-order valence-corrected chi connectivity index (χ2v) is 7.10. The Bertz CT molecular complexity index is 346. The van der Waals surface area contributed by atoms with Crippen molar-refractivity contribution in [1.82, 2.24) is 15.1 Å². The van der Waals surface area contributed by atoms with E-state index in [4.69, 9.17) is 0 Å². The van der Waals surface area contributed by atoms with E-state index in [2.05, 4.69) is 22.0 Å². The van der Waals surface area contributed by atoms with Gasteiger partial charge in [0.05, 0.1) is 6.04 Å². The van der Waals surface area contributed by atoms with Crippen molar-refractivity contribution < 1.29 is 4.79 Å². The minimum Gasteiger partial charge on any atom is -0.339 e. The van der Waals surface area contributed by atoms with Crippen molar-refractivity contribution >= 4 is 5.91 Å². The van der Waals surface area contributed by atoms with E-state index in [0.29, 0.717) is 5.91 Å². The molecule has 1 amide bonds. The van der Waals surface area contributed by atoms with Gasteiger partial charge in [-0.1, -0.05) is 26.2 Å². The molecule has 21 heavy (non-hydrogen) atoms. The summed E-state index contributed by atoms with van der Waals surface area (Å²) in [5, 5.41) is 3.44. The van der Waals surface area contributed by atoms with Crippen molar-refractivity contribution in [3.05, 3.63) is 0 Å². The van der Waals surface area contributed by atoms with Crippen LogP contribution >= 0.6 is 0 Å². The first-order valence-electron chi connectivity index (χ1n) is 9.04. The van der Waals surface area contributed by atoms with E-state index in [0.717, 1.165) is 51.1 Å². The zero-order chi connectivity index (χ0) is 14.7. The highest BCUT2D eigenvalue weighted by molar-refractivity contribution is 5.82. The molecule has 2 atom stereocenters. The zero-order valence-electron chi connectivity index (χ0n) is 13.5. The van der Waals surface area contributed by atoms with Gasteiger partial charge in [-0.2, -0.15) is 0 Å². The molecule has 0 bridgehead atoms. The van der Waals surface area contributed by atoms with E-state index in [1.165, 1.54) is 38.5 Å². The first kappa shape index (κ1) is 15.3. The minimum atomic E-state index is 0.0849. The maximum absolute atomic E-state index is 12.7. The maximum Gasteiger partial charge on any atom is 0.239 e. The van der Waals surface area contributed by atoms with Gasteiger partial charge in [-0.25, -0.2) is 0 Å². The summed E-state index contributed by atoms with van der Waals surface area (Å²) in [5.74, 6) is 1.10. The Hall–Kier alpha value is -0.610. The average Bonchev–Trinajstić information content (AvgIpc) is 3.09. The summed E-state index contributed by atoms with van der Waals surface area (Å²) in [5.41, 5.74) is 0. The molecule has 0 aromatic rings. The van der Waals surface area contributed by atoms with Gasteiger partial charge in [-0.05, 0) is 38.1 Å². The maximum atomic E-state index is 12.7. The van der Waals surface area contributed by atoms with E-state index in [9.17, 15) is 4.79 Å². The molecular weight excluding hydrogens is 262 g/mol. The molecule has 120 valence electrons. The van der Waals surface area contributed by atoms with Gasteiger partial charge in [0, 0.05) is 32.2 Å². The Morgan fingerprint density at radius 1 is 1.10 bits per heavy atom. The van der Waals surface area contributed by atoms with Gasteiger partial charge in [0.15, 0.2) is 0 Å². The molecule has 1 aliphatic carbocycles. The van der Waals surface area contributed by atoms with Crippen molar-refractivity contribution in [2.45, 2.75) is 64.0 Å². The van der Waals surface area contributed by atoms with Crippen LogP contribution in [0.4, 0.5) is 0 Å². The smallest absolute Gasteiger partial charge is 0.239 e. The highest BCUT2D eigenvalue weighted by atomic mass is 16.2. The number of carbonyl (C=O) groups is 1. The van der Waals surface area contributed by atoms with Crippen molar-refractivity contribution in [3.63, 3.8) is 0 Å². The molecule has 0 aromatic carbocycles. The monoisotopic (exact) mass is 293 g/mol. The first-order valence-corrected chi connectivity index (χ1v) is 9.04. The van der Waals surface area contributed by atoms with Crippen molar-refractivity contribution in [2.75, 3.05) is 32.7 Å². The van der Waals surface area contributed by atoms with E-state index in [1.807, 2.05) is 0 Å². The predicted octanol–water partition coefficient (Wildman–Crippen LogP) is 1.85. The molecule has 1 saturated carbocycles. The number of amides is 1. The zero-order valence-corrected chi connectivity index (χ0v) is 13.5. The first-order chi connectivity index (χ1) is 10.3. The van der Waals surface area contributed by atoms with Crippen LogP contribution in [0.25, 0.3) is 0 Å². The molecule has 0 spiro atoms. The molecule has 4 nitrogen and oxygen atoms in total. The van der Waals surface area contributed by atoms with E-state index in [1.54, 1.807) is 0 Å². The van der Waals surface area contributed by atoms with Gasteiger partial charge in [-0.3, -0.25) is 9.69 Å². The summed E-state index contributed by atoms with van der Waals surface area (Å²) in [4.78, 5) is 17.4. The lowest BCUT2D eigenvalue weighted by atomic mass is 9.90. The third-order valence-corrected chi connectivity index (χ3v) is 5.85. The number of nitrogens with one attached hydrogen (secondary N) is 1.